The SMILES string of the molecule is C=CCC[C@H](NC=O)P(=O)(O)CC/C=C\C. The van der Waals surface area contributed by atoms with Crippen molar-refractivity contribution in [1.29, 1.82) is 0 Å². The minimum atomic E-state index is -3.32. The van der Waals surface area contributed by atoms with Crippen LogP contribution in [-0.4, -0.2) is 23.2 Å². The van der Waals surface area contributed by atoms with Crippen molar-refractivity contribution in [3.8, 4) is 0 Å². The van der Waals surface area contributed by atoms with Gasteiger partial charge in [-0.1, -0.05) is 18.2 Å². The number of hydrogen-bond acceptors (Lipinski definition) is 2. The zero-order valence-electron chi connectivity index (χ0n) is 9.63. The lowest BCUT2D eigenvalue weighted by molar-refractivity contribution is -0.109. The number of carbonyl (C=O) groups excluding carboxylic acids is 1. The molecule has 16 heavy (non-hydrogen) atoms. The predicted molar refractivity (Wildman–Crippen MR) is 66.5 cm³/mol. The quantitative estimate of drug-likeness (QED) is 0.372. The third-order valence-corrected chi connectivity index (χ3v) is 4.52. The van der Waals surface area contributed by atoms with Gasteiger partial charge in [0.1, 0.15) is 5.78 Å². The van der Waals surface area contributed by atoms with Crippen molar-refractivity contribution in [2.75, 3.05) is 6.16 Å². The van der Waals surface area contributed by atoms with Gasteiger partial charge >= 0.3 is 0 Å². The standard InChI is InChI=1S/C11H20NO3P/c1-3-5-7-9-16(14,15)11(12-10-13)8-6-4-2/h3-5,10-11H,2,6-9H2,1H3,(H,12,13)(H,14,15)/b5-3-/t11-/m1/s1. The normalized spacial score (nSPS) is 16.6. The van der Waals surface area contributed by atoms with E-state index in [0.717, 1.165) is 0 Å². The van der Waals surface area contributed by atoms with Crippen molar-refractivity contribution in [3.63, 3.8) is 0 Å². The third-order valence-electron chi connectivity index (χ3n) is 2.24. The molecular formula is C11H20NO3P. The van der Waals surface area contributed by atoms with Gasteiger partial charge in [0, 0.05) is 6.16 Å². The second-order valence-electron chi connectivity index (χ2n) is 3.50. The van der Waals surface area contributed by atoms with Crippen LogP contribution in [0.1, 0.15) is 26.2 Å². The maximum absolute atomic E-state index is 12.0. The summed E-state index contributed by atoms with van der Waals surface area (Å²) in [7, 11) is -3.32. The van der Waals surface area contributed by atoms with Crippen molar-refractivity contribution in [2.45, 2.75) is 32.0 Å². The third kappa shape index (κ3) is 5.89. The molecule has 0 fully saturated rings. The van der Waals surface area contributed by atoms with Crippen LogP contribution in [0.15, 0.2) is 24.8 Å². The lowest BCUT2D eigenvalue weighted by atomic mass is 10.3. The Bertz CT molecular complexity index is 289. The van der Waals surface area contributed by atoms with Gasteiger partial charge in [-0.15, -0.1) is 6.58 Å². The van der Waals surface area contributed by atoms with E-state index in [9.17, 15) is 14.3 Å². The van der Waals surface area contributed by atoms with Gasteiger partial charge in [-0.3, -0.25) is 9.36 Å². The lowest BCUT2D eigenvalue weighted by Gasteiger charge is -2.21. The maximum atomic E-state index is 12.0. The molecule has 0 aromatic carbocycles. The van der Waals surface area contributed by atoms with Crippen molar-refractivity contribution < 1.29 is 14.3 Å². The number of amides is 1. The molecule has 0 spiro atoms. The molecular weight excluding hydrogens is 225 g/mol. The van der Waals surface area contributed by atoms with E-state index in [0.29, 0.717) is 25.7 Å². The maximum Gasteiger partial charge on any atom is 0.222 e. The zero-order chi connectivity index (χ0) is 12.4. The lowest BCUT2D eigenvalue weighted by Crippen LogP contribution is -2.28. The van der Waals surface area contributed by atoms with E-state index >= 15 is 0 Å². The molecule has 0 aliphatic carbocycles. The van der Waals surface area contributed by atoms with Crippen molar-refractivity contribution in [2.24, 2.45) is 0 Å². The Morgan fingerprint density at radius 1 is 1.50 bits per heavy atom. The molecule has 0 aliphatic rings. The fourth-order valence-corrected chi connectivity index (χ4v) is 3.01. The molecule has 2 N–H and O–H groups in total. The molecule has 0 bridgehead atoms. The van der Waals surface area contributed by atoms with Gasteiger partial charge in [0.15, 0.2) is 0 Å². The molecule has 4 nitrogen and oxygen atoms in total. The summed E-state index contributed by atoms with van der Waals surface area (Å²) in [5.41, 5.74) is 0. The molecule has 0 saturated carbocycles. The zero-order valence-corrected chi connectivity index (χ0v) is 10.5. The smallest absolute Gasteiger partial charge is 0.222 e. The van der Waals surface area contributed by atoms with Gasteiger partial charge in [-0.25, -0.2) is 0 Å². The number of carbonyl (C=O) groups is 1. The molecule has 0 aromatic rings. The number of hydrogen-bond donors (Lipinski definition) is 2. The van der Waals surface area contributed by atoms with Crippen LogP contribution in [0, 0.1) is 0 Å². The van der Waals surface area contributed by atoms with Crippen LogP contribution in [0.2, 0.25) is 0 Å². The molecule has 1 amide bonds. The number of nitrogens with one attached hydrogen (secondary N) is 1. The number of rotatable bonds is 9. The minimum absolute atomic E-state index is 0.194. The van der Waals surface area contributed by atoms with E-state index in [-0.39, 0.29) is 6.16 Å². The van der Waals surface area contributed by atoms with Gasteiger partial charge < -0.3 is 10.2 Å². The first kappa shape index (κ1) is 15.1. The fraction of sp³-hybridized carbons (Fsp3) is 0.545. The molecule has 0 saturated heterocycles. The predicted octanol–water partition coefficient (Wildman–Crippen LogP) is 2.26. The van der Waals surface area contributed by atoms with E-state index in [1.165, 1.54) is 0 Å². The van der Waals surface area contributed by atoms with E-state index in [2.05, 4.69) is 11.9 Å². The molecule has 92 valence electrons. The summed E-state index contributed by atoms with van der Waals surface area (Å²) in [5.74, 6) is -0.659. The Morgan fingerprint density at radius 3 is 2.69 bits per heavy atom. The van der Waals surface area contributed by atoms with Crippen molar-refractivity contribution in [1.82, 2.24) is 5.32 Å². The highest BCUT2D eigenvalue weighted by Gasteiger charge is 2.28. The first-order valence-corrected chi connectivity index (χ1v) is 7.23. The second-order valence-corrected chi connectivity index (χ2v) is 6.09. The molecule has 0 rings (SSSR count). The van der Waals surface area contributed by atoms with Gasteiger partial charge in [0.25, 0.3) is 0 Å². The molecule has 0 aliphatic heterocycles. The molecule has 1 unspecified atom stereocenters. The first-order chi connectivity index (χ1) is 7.58. The van der Waals surface area contributed by atoms with Crippen LogP contribution in [0.3, 0.4) is 0 Å². The van der Waals surface area contributed by atoms with Crippen LogP contribution in [-0.2, 0) is 9.36 Å². The highest BCUT2D eigenvalue weighted by Crippen LogP contribution is 2.47. The Kier molecular flexibility index (Phi) is 7.86. The Balaban J connectivity index is 4.40. The van der Waals surface area contributed by atoms with Gasteiger partial charge in [0.05, 0.1) is 0 Å². The monoisotopic (exact) mass is 245 g/mol. The Morgan fingerprint density at radius 2 is 2.19 bits per heavy atom. The summed E-state index contributed by atoms with van der Waals surface area (Å²) in [4.78, 5) is 20.2. The minimum Gasteiger partial charge on any atom is -0.347 e. The highest BCUT2D eigenvalue weighted by atomic mass is 31.2. The summed E-state index contributed by atoms with van der Waals surface area (Å²) in [6.07, 6.45) is 7.64. The van der Waals surface area contributed by atoms with E-state index in [1.54, 1.807) is 6.08 Å². The Hall–Kier alpha value is -0.860. The van der Waals surface area contributed by atoms with Crippen molar-refractivity contribution in [3.05, 3.63) is 24.8 Å². The van der Waals surface area contributed by atoms with Crippen LogP contribution < -0.4 is 5.32 Å². The molecule has 0 radical (unpaired) electrons. The molecule has 2 atom stereocenters. The van der Waals surface area contributed by atoms with E-state index in [4.69, 9.17) is 0 Å². The molecule has 0 heterocycles. The van der Waals surface area contributed by atoms with Gasteiger partial charge in [-0.05, 0) is 26.2 Å². The van der Waals surface area contributed by atoms with Crippen LogP contribution in [0.4, 0.5) is 0 Å². The summed E-state index contributed by atoms with van der Waals surface area (Å²) in [5, 5.41) is 2.42. The average molecular weight is 245 g/mol. The van der Waals surface area contributed by atoms with E-state index in [1.807, 2.05) is 19.1 Å². The molecule has 0 aromatic heterocycles. The van der Waals surface area contributed by atoms with Gasteiger partial charge in [0.2, 0.25) is 13.8 Å². The summed E-state index contributed by atoms with van der Waals surface area (Å²) in [6, 6.07) is 0. The summed E-state index contributed by atoms with van der Waals surface area (Å²) >= 11 is 0. The van der Waals surface area contributed by atoms with E-state index < -0.39 is 13.2 Å². The van der Waals surface area contributed by atoms with Crippen LogP contribution in [0.5, 0.6) is 0 Å². The second kappa shape index (κ2) is 8.31. The van der Waals surface area contributed by atoms with Crippen molar-refractivity contribution >= 4 is 13.8 Å². The van der Waals surface area contributed by atoms with Crippen LogP contribution >= 0.6 is 7.37 Å². The highest BCUT2D eigenvalue weighted by molar-refractivity contribution is 7.58. The average Bonchev–Trinajstić information content (AvgIpc) is 2.24. The number of allylic oxidation sites excluding steroid dienone is 3. The summed E-state index contributed by atoms with van der Waals surface area (Å²) < 4.78 is 12.0. The van der Waals surface area contributed by atoms with Crippen LogP contribution in [0.25, 0.3) is 0 Å². The Labute approximate surface area is 96.9 Å². The first-order valence-electron chi connectivity index (χ1n) is 5.31. The largest absolute Gasteiger partial charge is 0.347 e. The van der Waals surface area contributed by atoms with Gasteiger partial charge in [-0.2, -0.15) is 0 Å². The molecule has 5 heteroatoms. The fourth-order valence-electron chi connectivity index (χ4n) is 1.34. The topological polar surface area (TPSA) is 66.4 Å². The summed E-state index contributed by atoms with van der Waals surface area (Å²) in [6.45, 7) is 5.41.